The quantitative estimate of drug-likeness (QED) is 0.490. The number of benzene rings is 2. The number of aromatic nitrogens is 1. The van der Waals surface area contributed by atoms with Gasteiger partial charge >= 0.3 is 0 Å². The number of fused-ring (bicyclic) bond motifs is 2. The van der Waals surface area contributed by atoms with Gasteiger partial charge in [0.2, 0.25) is 11.8 Å². The number of carbonyl (C=O) groups excluding carboxylic acids is 3. The first-order chi connectivity index (χ1) is 16.8. The Morgan fingerprint density at radius 1 is 1.20 bits per heavy atom. The Bertz CT molecular complexity index is 1340. The highest BCUT2D eigenvalue weighted by atomic mass is 35.5. The Kier molecular flexibility index (Phi) is 6.11. The summed E-state index contributed by atoms with van der Waals surface area (Å²) in [6.07, 6.45) is 2.53. The number of carbonyl (C=O) groups is 3. The van der Waals surface area contributed by atoms with E-state index in [0.717, 1.165) is 17.3 Å². The van der Waals surface area contributed by atoms with E-state index in [-0.39, 0.29) is 40.7 Å². The standard InChI is InChI=1S/C26H25ClFN3O4/c1-14(33)19-11-30(22-8-3-2-5-16(19)22)12-23(34)31-10-15-9-18(15)25(31)26(35)29-21(13-32)17-6-4-7-20(27)24(17)28/h2-8,11,15,18,21,25,32H,9-10,12-13H2,1H3,(H,29,35)/t15-,18-,21+,25-/m0/s1. The number of halogens is 2. The first-order valence-corrected chi connectivity index (χ1v) is 11.9. The number of rotatable bonds is 7. The summed E-state index contributed by atoms with van der Waals surface area (Å²) < 4.78 is 16.2. The zero-order valence-corrected chi connectivity index (χ0v) is 19.8. The molecule has 2 amide bonds. The number of ketones is 1. The van der Waals surface area contributed by atoms with Gasteiger partial charge < -0.3 is 19.9 Å². The third kappa shape index (κ3) is 4.21. The molecule has 182 valence electrons. The molecular weight excluding hydrogens is 473 g/mol. The number of likely N-dealkylation sites (tertiary alicyclic amines) is 1. The first kappa shape index (κ1) is 23.5. The molecule has 2 fully saturated rings. The predicted molar refractivity (Wildman–Crippen MR) is 128 cm³/mol. The molecule has 0 bridgehead atoms. The smallest absolute Gasteiger partial charge is 0.243 e. The van der Waals surface area contributed by atoms with Gasteiger partial charge in [0.15, 0.2) is 5.78 Å². The second-order valence-corrected chi connectivity index (χ2v) is 9.69. The Hall–Kier alpha value is -3.23. The molecule has 7 nitrogen and oxygen atoms in total. The third-order valence-electron chi connectivity index (χ3n) is 7.07. The molecule has 9 heteroatoms. The highest BCUT2D eigenvalue weighted by Gasteiger charge is 2.57. The van der Waals surface area contributed by atoms with E-state index in [2.05, 4.69) is 5.32 Å². The molecule has 5 rings (SSSR count). The van der Waals surface area contributed by atoms with E-state index >= 15 is 0 Å². The lowest BCUT2D eigenvalue weighted by Gasteiger charge is -2.29. The van der Waals surface area contributed by atoms with Crippen LogP contribution in [-0.2, 0) is 16.1 Å². The molecular formula is C26H25ClFN3O4. The van der Waals surface area contributed by atoms with Crippen LogP contribution in [0.4, 0.5) is 4.39 Å². The van der Waals surface area contributed by atoms with E-state index < -0.39 is 30.4 Å². The van der Waals surface area contributed by atoms with Crippen molar-refractivity contribution >= 4 is 40.1 Å². The third-order valence-corrected chi connectivity index (χ3v) is 7.36. The fraction of sp³-hybridized carbons (Fsp3) is 0.346. The minimum Gasteiger partial charge on any atom is -0.394 e. The van der Waals surface area contributed by atoms with Gasteiger partial charge in [0.1, 0.15) is 18.4 Å². The van der Waals surface area contributed by atoms with Crippen LogP contribution in [0.25, 0.3) is 10.9 Å². The average molecular weight is 498 g/mol. The lowest BCUT2D eigenvalue weighted by atomic mass is 10.1. The number of aliphatic hydroxyl groups is 1. The number of amides is 2. The summed E-state index contributed by atoms with van der Waals surface area (Å²) >= 11 is 5.87. The Morgan fingerprint density at radius 3 is 2.71 bits per heavy atom. The van der Waals surface area contributed by atoms with Crippen molar-refractivity contribution in [3.05, 3.63) is 70.6 Å². The Morgan fingerprint density at radius 2 is 1.97 bits per heavy atom. The highest BCUT2D eigenvalue weighted by molar-refractivity contribution is 6.30. The van der Waals surface area contributed by atoms with Gasteiger partial charge in [-0.1, -0.05) is 41.9 Å². The fourth-order valence-corrected chi connectivity index (χ4v) is 5.40. The second-order valence-electron chi connectivity index (χ2n) is 9.28. The average Bonchev–Trinajstić information content (AvgIpc) is 3.34. The summed E-state index contributed by atoms with van der Waals surface area (Å²) in [7, 11) is 0. The van der Waals surface area contributed by atoms with Gasteiger partial charge in [-0.25, -0.2) is 4.39 Å². The molecule has 0 unspecified atom stereocenters. The minimum absolute atomic E-state index is 0.0106. The van der Waals surface area contributed by atoms with E-state index in [4.69, 9.17) is 11.6 Å². The van der Waals surface area contributed by atoms with Crippen LogP contribution in [0, 0.1) is 17.7 Å². The molecule has 35 heavy (non-hydrogen) atoms. The van der Waals surface area contributed by atoms with Crippen LogP contribution >= 0.6 is 11.6 Å². The van der Waals surface area contributed by atoms with Crippen LogP contribution in [0.15, 0.2) is 48.7 Å². The van der Waals surface area contributed by atoms with E-state index in [0.29, 0.717) is 12.1 Å². The maximum absolute atomic E-state index is 14.5. The normalized spacial score (nSPS) is 21.6. The lowest BCUT2D eigenvalue weighted by Crippen LogP contribution is -2.50. The topological polar surface area (TPSA) is 91.6 Å². The number of hydrogen-bond acceptors (Lipinski definition) is 4. The van der Waals surface area contributed by atoms with Crippen molar-refractivity contribution in [1.82, 2.24) is 14.8 Å². The van der Waals surface area contributed by atoms with E-state index in [9.17, 15) is 23.9 Å². The summed E-state index contributed by atoms with van der Waals surface area (Å²) in [5, 5.41) is 13.2. The monoisotopic (exact) mass is 497 g/mol. The molecule has 1 aliphatic heterocycles. The van der Waals surface area contributed by atoms with E-state index in [1.54, 1.807) is 21.7 Å². The Balaban J connectivity index is 1.36. The molecule has 4 atom stereocenters. The molecule has 3 aromatic rings. The lowest BCUT2D eigenvalue weighted by molar-refractivity contribution is -0.140. The van der Waals surface area contributed by atoms with Crippen LogP contribution in [0.3, 0.4) is 0 Å². The highest BCUT2D eigenvalue weighted by Crippen LogP contribution is 2.49. The second kappa shape index (κ2) is 9.09. The molecule has 1 aromatic heterocycles. The van der Waals surface area contributed by atoms with Crippen molar-refractivity contribution in [1.29, 1.82) is 0 Å². The molecule has 1 saturated carbocycles. The van der Waals surface area contributed by atoms with Gasteiger partial charge in [0.25, 0.3) is 0 Å². The number of nitrogens with zero attached hydrogens (tertiary/aromatic N) is 2. The maximum atomic E-state index is 14.5. The molecule has 1 aliphatic carbocycles. The van der Waals surface area contributed by atoms with E-state index in [1.165, 1.54) is 19.1 Å². The van der Waals surface area contributed by atoms with Gasteiger partial charge in [0, 0.05) is 34.8 Å². The van der Waals surface area contributed by atoms with Crippen molar-refractivity contribution in [2.24, 2.45) is 11.8 Å². The molecule has 0 spiro atoms. The number of Topliss-reactive ketones (excluding diaryl/α,β-unsaturated/α-hetero) is 1. The van der Waals surface area contributed by atoms with Gasteiger partial charge in [-0.2, -0.15) is 0 Å². The summed E-state index contributed by atoms with van der Waals surface area (Å²) in [4.78, 5) is 40.3. The summed E-state index contributed by atoms with van der Waals surface area (Å²) in [5.74, 6) is -1.16. The number of aliphatic hydroxyl groups excluding tert-OH is 1. The zero-order chi connectivity index (χ0) is 24.9. The molecule has 2 aliphatic rings. The van der Waals surface area contributed by atoms with Crippen LogP contribution < -0.4 is 5.32 Å². The van der Waals surface area contributed by atoms with Crippen LogP contribution in [0.5, 0.6) is 0 Å². The predicted octanol–water partition coefficient (Wildman–Crippen LogP) is 3.33. The fourth-order valence-electron chi connectivity index (χ4n) is 5.22. The van der Waals surface area contributed by atoms with Crippen LogP contribution in [-0.4, -0.2) is 51.4 Å². The molecule has 1 saturated heterocycles. The summed E-state index contributed by atoms with van der Waals surface area (Å²) in [6.45, 7) is 1.43. The zero-order valence-electron chi connectivity index (χ0n) is 19.1. The van der Waals surface area contributed by atoms with Crippen molar-refractivity contribution in [3.8, 4) is 0 Å². The van der Waals surface area contributed by atoms with Crippen LogP contribution in [0.2, 0.25) is 5.02 Å². The van der Waals surface area contributed by atoms with Gasteiger partial charge in [-0.05, 0) is 37.3 Å². The first-order valence-electron chi connectivity index (χ1n) is 11.5. The van der Waals surface area contributed by atoms with Crippen molar-refractivity contribution in [3.63, 3.8) is 0 Å². The maximum Gasteiger partial charge on any atom is 0.243 e. The molecule has 2 N–H and O–H groups in total. The van der Waals surface area contributed by atoms with Crippen molar-refractivity contribution in [2.75, 3.05) is 13.2 Å². The largest absolute Gasteiger partial charge is 0.394 e. The van der Waals surface area contributed by atoms with Crippen molar-refractivity contribution in [2.45, 2.75) is 32.0 Å². The molecule has 2 aromatic carbocycles. The number of para-hydroxylation sites is 1. The Labute approximate surface area is 206 Å². The summed E-state index contributed by atoms with van der Waals surface area (Å²) in [5.41, 5.74) is 1.40. The minimum atomic E-state index is -0.984. The number of hydrogen-bond donors (Lipinski definition) is 2. The summed E-state index contributed by atoms with van der Waals surface area (Å²) in [6, 6.07) is 10.1. The molecule has 0 radical (unpaired) electrons. The van der Waals surface area contributed by atoms with Gasteiger partial charge in [0.05, 0.1) is 17.7 Å². The molecule has 2 heterocycles. The SMILES string of the molecule is CC(=O)c1cn(CC(=O)N2C[C@@H]3C[C@@H]3[C@H]2C(=O)N[C@H](CO)c2cccc(Cl)c2F)c2ccccc12. The number of piperidine rings is 1. The van der Waals surface area contributed by atoms with Crippen molar-refractivity contribution < 1.29 is 23.9 Å². The van der Waals surface area contributed by atoms with E-state index in [1.807, 2.05) is 24.3 Å². The van der Waals surface area contributed by atoms with Gasteiger partial charge in [-0.3, -0.25) is 14.4 Å². The van der Waals surface area contributed by atoms with Gasteiger partial charge in [-0.15, -0.1) is 0 Å². The number of nitrogens with one attached hydrogen (secondary N) is 1. The van der Waals surface area contributed by atoms with Crippen LogP contribution in [0.1, 0.15) is 35.3 Å².